The molecule has 2 aromatic rings. The maximum Gasteiger partial charge on any atom is 0.249 e. The number of ketones is 1. The molecule has 122 valence electrons. The number of nitriles is 1. The van der Waals surface area contributed by atoms with Crippen LogP contribution in [0.5, 0.6) is 5.75 Å². The van der Waals surface area contributed by atoms with Gasteiger partial charge in [0.05, 0.1) is 18.7 Å². The molecular formula is C17H12ClFN2O3. The van der Waals surface area contributed by atoms with E-state index in [9.17, 15) is 19.2 Å². The van der Waals surface area contributed by atoms with Crippen molar-refractivity contribution in [3.63, 3.8) is 0 Å². The zero-order valence-electron chi connectivity index (χ0n) is 12.5. The lowest BCUT2D eigenvalue weighted by molar-refractivity contribution is -0.117. The standard InChI is InChI=1S/C17H12ClFN2O3/c1-24-15-7-2-10(18)8-13(15)16(22)14(9-20)17(23)21-12-5-3-11(19)4-6-12/h2-8,14H,1H3,(H,21,23)/t14-/m1/s1. The van der Waals surface area contributed by atoms with Gasteiger partial charge in [-0.15, -0.1) is 0 Å². The van der Waals surface area contributed by atoms with Gasteiger partial charge in [-0.05, 0) is 42.5 Å². The average Bonchev–Trinajstić information content (AvgIpc) is 2.57. The summed E-state index contributed by atoms with van der Waals surface area (Å²) in [5.41, 5.74) is 0.304. The molecule has 1 N–H and O–H groups in total. The summed E-state index contributed by atoms with van der Waals surface area (Å²) in [6.07, 6.45) is 0. The Bertz CT molecular complexity index is 816. The number of halogens is 2. The molecule has 7 heteroatoms. The van der Waals surface area contributed by atoms with E-state index in [1.54, 1.807) is 6.07 Å². The van der Waals surface area contributed by atoms with Gasteiger partial charge in [0.1, 0.15) is 11.6 Å². The van der Waals surface area contributed by atoms with Crippen molar-refractivity contribution in [2.24, 2.45) is 5.92 Å². The van der Waals surface area contributed by atoms with Gasteiger partial charge in [-0.3, -0.25) is 9.59 Å². The zero-order chi connectivity index (χ0) is 17.7. The third-order valence-electron chi connectivity index (χ3n) is 3.19. The highest BCUT2D eigenvalue weighted by Crippen LogP contribution is 2.25. The maximum absolute atomic E-state index is 12.9. The third-order valence-corrected chi connectivity index (χ3v) is 3.43. The number of hydrogen-bond donors (Lipinski definition) is 1. The Morgan fingerprint density at radius 3 is 2.50 bits per heavy atom. The minimum Gasteiger partial charge on any atom is -0.496 e. The van der Waals surface area contributed by atoms with Gasteiger partial charge in [0.2, 0.25) is 5.91 Å². The molecule has 0 aromatic heterocycles. The van der Waals surface area contributed by atoms with Crippen LogP contribution in [0, 0.1) is 23.1 Å². The van der Waals surface area contributed by atoms with Crippen LogP contribution in [-0.2, 0) is 4.79 Å². The van der Waals surface area contributed by atoms with Crippen molar-refractivity contribution < 1.29 is 18.7 Å². The number of carbonyl (C=O) groups excluding carboxylic acids is 2. The van der Waals surface area contributed by atoms with Gasteiger partial charge >= 0.3 is 0 Å². The molecule has 0 aliphatic heterocycles. The Morgan fingerprint density at radius 2 is 1.92 bits per heavy atom. The average molecular weight is 347 g/mol. The fourth-order valence-corrected chi connectivity index (χ4v) is 2.18. The SMILES string of the molecule is COc1ccc(Cl)cc1C(=O)[C@@H](C#N)C(=O)Nc1ccc(F)cc1. The topological polar surface area (TPSA) is 79.2 Å². The number of rotatable bonds is 5. The number of Topliss-reactive ketones (excluding diaryl/α,β-unsaturated/α-hetero) is 1. The van der Waals surface area contributed by atoms with E-state index in [-0.39, 0.29) is 22.0 Å². The highest BCUT2D eigenvalue weighted by Gasteiger charge is 2.30. The number of methoxy groups -OCH3 is 1. The van der Waals surface area contributed by atoms with Crippen LogP contribution < -0.4 is 10.1 Å². The molecule has 1 atom stereocenters. The van der Waals surface area contributed by atoms with E-state index in [1.165, 1.54) is 37.4 Å². The molecule has 0 fully saturated rings. The van der Waals surface area contributed by atoms with Gasteiger partial charge in [-0.2, -0.15) is 5.26 Å². The van der Waals surface area contributed by atoms with Crippen LogP contribution in [0.25, 0.3) is 0 Å². The minimum absolute atomic E-state index is 0.0332. The minimum atomic E-state index is -1.59. The number of benzene rings is 2. The van der Waals surface area contributed by atoms with E-state index in [1.807, 2.05) is 0 Å². The predicted octanol–water partition coefficient (Wildman–Crippen LogP) is 3.45. The molecule has 0 spiro atoms. The fourth-order valence-electron chi connectivity index (χ4n) is 2.01. The van der Waals surface area contributed by atoms with E-state index >= 15 is 0 Å². The van der Waals surface area contributed by atoms with E-state index in [2.05, 4.69) is 5.32 Å². The molecule has 5 nitrogen and oxygen atoms in total. The lowest BCUT2D eigenvalue weighted by Crippen LogP contribution is -2.29. The first kappa shape index (κ1) is 17.4. The van der Waals surface area contributed by atoms with Crippen molar-refractivity contribution in [1.29, 1.82) is 5.26 Å². The van der Waals surface area contributed by atoms with Crippen LogP contribution in [0.3, 0.4) is 0 Å². The number of nitrogens with one attached hydrogen (secondary N) is 1. The van der Waals surface area contributed by atoms with Gasteiger partial charge < -0.3 is 10.1 Å². The molecule has 0 heterocycles. The molecule has 0 aliphatic carbocycles. The number of carbonyl (C=O) groups is 2. The number of anilines is 1. The molecule has 24 heavy (non-hydrogen) atoms. The van der Waals surface area contributed by atoms with Crippen LogP contribution in [-0.4, -0.2) is 18.8 Å². The van der Waals surface area contributed by atoms with Crippen molar-refractivity contribution in [1.82, 2.24) is 0 Å². The van der Waals surface area contributed by atoms with Crippen LogP contribution >= 0.6 is 11.6 Å². The first-order valence-corrected chi connectivity index (χ1v) is 7.18. The van der Waals surface area contributed by atoms with Crippen LogP contribution in [0.1, 0.15) is 10.4 Å². The lowest BCUT2D eigenvalue weighted by Gasteiger charge is -2.12. The second-order valence-corrected chi connectivity index (χ2v) is 5.20. The molecule has 0 aliphatic rings. The lowest BCUT2D eigenvalue weighted by atomic mass is 9.97. The quantitative estimate of drug-likeness (QED) is 0.664. The number of nitrogens with zero attached hydrogens (tertiary/aromatic N) is 1. The van der Waals surface area contributed by atoms with Gasteiger partial charge in [-0.25, -0.2) is 4.39 Å². The smallest absolute Gasteiger partial charge is 0.249 e. The Balaban J connectivity index is 2.26. The van der Waals surface area contributed by atoms with Gasteiger partial charge in [-0.1, -0.05) is 11.6 Å². The normalized spacial score (nSPS) is 11.2. The molecule has 0 unspecified atom stereocenters. The molecule has 0 bridgehead atoms. The molecule has 0 saturated heterocycles. The molecular weight excluding hydrogens is 335 g/mol. The number of amides is 1. The summed E-state index contributed by atoms with van der Waals surface area (Å²) in [6, 6.07) is 11.0. The summed E-state index contributed by atoms with van der Waals surface area (Å²) < 4.78 is 17.9. The van der Waals surface area contributed by atoms with Crippen LogP contribution in [0.15, 0.2) is 42.5 Å². The summed E-state index contributed by atoms with van der Waals surface area (Å²) in [4.78, 5) is 24.7. The van der Waals surface area contributed by atoms with Crippen molar-refractivity contribution in [3.05, 3.63) is 58.9 Å². The predicted molar refractivity (Wildman–Crippen MR) is 86.5 cm³/mol. The van der Waals surface area contributed by atoms with Gasteiger partial charge in [0.25, 0.3) is 0 Å². The summed E-state index contributed by atoms with van der Waals surface area (Å²) in [7, 11) is 1.36. The van der Waals surface area contributed by atoms with Crippen molar-refractivity contribution in [3.8, 4) is 11.8 Å². The Hall–Kier alpha value is -2.91. The maximum atomic E-state index is 12.9. The fraction of sp³-hybridized carbons (Fsp3) is 0.118. The Labute approximate surface area is 142 Å². The summed E-state index contributed by atoms with van der Waals surface area (Å²) in [6.45, 7) is 0. The Kier molecular flexibility index (Phi) is 5.51. The summed E-state index contributed by atoms with van der Waals surface area (Å²) in [5.74, 6) is -3.42. The van der Waals surface area contributed by atoms with Gasteiger partial charge in [0.15, 0.2) is 11.7 Å². The zero-order valence-corrected chi connectivity index (χ0v) is 13.3. The first-order chi connectivity index (χ1) is 11.5. The van der Waals surface area contributed by atoms with E-state index in [4.69, 9.17) is 16.3 Å². The second kappa shape index (κ2) is 7.57. The molecule has 2 rings (SSSR count). The second-order valence-electron chi connectivity index (χ2n) is 4.77. The Morgan fingerprint density at radius 1 is 1.25 bits per heavy atom. The van der Waals surface area contributed by atoms with E-state index in [0.717, 1.165) is 12.1 Å². The largest absolute Gasteiger partial charge is 0.496 e. The van der Waals surface area contributed by atoms with E-state index < -0.39 is 23.4 Å². The molecule has 2 aromatic carbocycles. The van der Waals surface area contributed by atoms with E-state index in [0.29, 0.717) is 0 Å². The molecule has 0 saturated carbocycles. The van der Waals surface area contributed by atoms with Gasteiger partial charge in [0, 0.05) is 10.7 Å². The monoisotopic (exact) mass is 346 g/mol. The molecule has 0 radical (unpaired) electrons. The summed E-state index contributed by atoms with van der Waals surface area (Å²) >= 11 is 5.86. The van der Waals surface area contributed by atoms with Crippen molar-refractivity contribution in [2.45, 2.75) is 0 Å². The van der Waals surface area contributed by atoms with Crippen LogP contribution in [0.4, 0.5) is 10.1 Å². The first-order valence-electron chi connectivity index (χ1n) is 6.80. The summed E-state index contributed by atoms with van der Waals surface area (Å²) in [5, 5.41) is 11.9. The third kappa shape index (κ3) is 3.89. The van der Waals surface area contributed by atoms with Crippen LogP contribution in [0.2, 0.25) is 5.02 Å². The highest BCUT2D eigenvalue weighted by molar-refractivity contribution is 6.31. The molecule has 1 amide bonds. The van der Waals surface area contributed by atoms with Crippen molar-refractivity contribution >= 4 is 29.0 Å². The van der Waals surface area contributed by atoms with Crippen molar-refractivity contribution in [2.75, 3.05) is 12.4 Å². The number of ether oxygens (including phenoxy) is 1. The number of hydrogen-bond acceptors (Lipinski definition) is 4. The highest BCUT2D eigenvalue weighted by atomic mass is 35.5.